The van der Waals surface area contributed by atoms with E-state index in [4.69, 9.17) is 9.47 Å². The fraction of sp³-hybridized carbons (Fsp3) is 0.548. The van der Waals surface area contributed by atoms with Gasteiger partial charge in [-0.3, -0.25) is 9.59 Å². The Balaban J connectivity index is 1.53. The molecule has 2 fully saturated rings. The predicted octanol–water partition coefficient (Wildman–Crippen LogP) is 3.40. The zero-order valence-electron chi connectivity index (χ0n) is 23.7. The van der Waals surface area contributed by atoms with Crippen LogP contribution in [0.1, 0.15) is 63.4 Å². The summed E-state index contributed by atoms with van der Waals surface area (Å²) in [5.74, 6) is -1.70. The van der Waals surface area contributed by atoms with Gasteiger partial charge < -0.3 is 30.1 Å². The number of amides is 3. The molecule has 1 aromatic carbocycles. The summed E-state index contributed by atoms with van der Waals surface area (Å²) in [5.41, 5.74) is 0.211. The number of aliphatic hydroxyl groups excluding tert-OH is 1. The number of aliphatic hydroxyl groups is 1. The van der Waals surface area contributed by atoms with Crippen LogP contribution in [0.25, 0.3) is 0 Å². The van der Waals surface area contributed by atoms with Crippen LogP contribution in [0.5, 0.6) is 0 Å². The summed E-state index contributed by atoms with van der Waals surface area (Å²) in [7, 11) is 0. The van der Waals surface area contributed by atoms with Crippen molar-refractivity contribution in [3.63, 3.8) is 0 Å². The number of nitrogens with one attached hydrogen (secondary N) is 2. The van der Waals surface area contributed by atoms with Gasteiger partial charge in [0.15, 0.2) is 0 Å². The van der Waals surface area contributed by atoms with Crippen molar-refractivity contribution in [3.05, 3.63) is 61.2 Å². The Labute approximate surface area is 242 Å². The van der Waals surface area contributed by atoms with Crippen molar-refractivity contribution in [2.45, 2.75) is 82.0 Å². The van der Waals surface area contributed by atoms with Gasteiger partial charge in [0.05, 0.1) is 24.1 Å². The molecule has 3 unspecified atom stereocenters. The normalized spacial score (nSPS) is 19.0. The van der Waals surface area contributed by atoms with Gasteiger partial charge in [-0.25, -0.2) is 9.59 Å². The minimum absolute atomic E-state index is 0.00790. The van der Waals surface area contributed by atoms with Gasteiger partial charge in [0.2, 0.25) is 11.8 Å². The lowest BCUT2D eigenvalue weighted by molar-refractivity contribution is -0.150. The summed E-state index contributed by atoms with van der Waals surface area (Å²) in [4.78, 5) is 53.2. The van der Waals surface area contributed by atoms with Gasteiger partial charge in [0.25, 0.3) is 0 Å². The maximum Gasteiger partial charge on any atom is 0.408 e. The zero-order chi connectivity index (χ0) is 29.7. The Hall–Kier alpha value is -3.66. The molecule has 0 aromatic heterocycles. The van der Waals surface area contributed by atoms with Crippen molar-refractivity contribution >= 4 is 23.9 Å². The van der Waals surface area contributed by atoms with E-state index in [1.165, 1.54) is 6.08 Å². The number of benzene rings is 1. The minimum atomic E-state index is -0.979. The molecule has 224 valence electrons. The summed E-state index contributed by atoms with van der Waals surface area (Å²) in [6, 6.07) is 7.86. The highest BCUT2D eigenvalue weighted by Gasteiger charge is 2.38. The lowest BCUT2D eigenvalue weighted by Gasteiger charge is -2.31. The van der Waals surface area contributed by atoms with E-state index in [9.17, 15) is 24.3 Å². The van der Waals surface area contributed by atoms with Crippen LogP contribution >= 0.6 is 0 Å². The second kappa shape index (κ2) is 16.0. The van der Waals surface area contributed by atoms with E-state index >= 15 is 0 Å². The smallest absolute Gasteiger partial charge is 0.408 e. The van der Waals surface area contributed by atoms with Crippen LogP contribution in [0.4, 0.5) is 4.79 Å². The highest BCUT2D eigenvalue weighted by atomic mass is 16.6. The number of esters is 1. The second-order valence-corrected chi connectivity index (χ2v) is 10.9. The lowest BCUT2D eigenvalue weighted by Crippen LogP contribution is -2.50. The molecule has 10 nitrogen and oxygen atoms in total. The first-order valence-electron chi connectivity index (χ1n) is 14.4. The highest BCUT2D eigenvalue weighted by Crippen LogP contribution is 2.30. The van der Waals surface area contributed by atoms with Crippen LogP contribution < -0.4 is 10.6 Å². The standard InChI is InChI=1S/C31H43N3O7/c1-3-11-24(19-27(36)33-31(22-35)16-8-9-17-31)28(37)34-18-10-15-25(34)21-40-29(38)26(12-4-2)32-30(39)41-20-23-13-6-5-7-14-23/h3-7,13-14,24-26,35H,1-2,8-12,15-22H2,(H,32,39)(H,33,36). The molecule has 1 aromatic rings. The van der Waals surface area contributed by atoms with Gasteiger partial charge in [-0.1, -0.05) is 55.3 Å². The highest BCUT2D eigenvalue weighted by molar-refractivity contribution is 5.87. The third kappa shape index (κ3) is 9.45. The van der Waals surface area contributed by atoms with Crippen LogP contribution in [0.15, 0.2) is 55.6 Å². The fourth-order valence-electron chi connectivity index (χ4n) is 5.52. The van der Waals surface area contributed by atoms with Crippen LogP contribution in [-0.2, 0) is 30.5 Å². The monoisotopic (exact) mass is 569 g/mol. The Bertz CT molecular complexity index is 1060. The van der Waals surface area contributed by atoms with Gasteiger partial charge in [-0.15, -0.1) is 13.2 Å². The third-order valence-corrected chi connectivity index (χ3v) is 7.77. The van der Waals surface area contributed by atoms with Gasteiger partial charge in [0.1, 0.15) is 19.3 Å². The van der Waals surface area contributed by atoms with Crippen molar-refractivity contribution in [1.82, 2.24) is 15.5 Å². The van der Waals surface area contributed by atoms with Crippen molar-refractivity contribution < 1.29 is 33.8 Å². The Morgan fingerprint density at radius 1 is 1.05 bits per heavy atom. The maximum atomic E-state index is 13.5. The van der Waals surface area contributed by atoms with Gasteiger partial charge in [-0.05, 0) is 44.1 Å². The number of rotatable bonds is 15. The topological polar surface area (TPSA) is 134 Å². The number of alkyl carbamates (subject to hydrolysis) is 1. The molecule has 1 saturated heterocycles. The first-order valence-corrected chi connectivity index (χ1v) is 14.4. The van der Waals surface area contributed by atoms with Crippen LogP contribution in [0, 0.1) is 5.92 Å². The molecular weight excluding hydrogens is 526 g/mol. The first kappa shape index (κ1) is 31.9. The molecule has 41 heavy (non-hydrogen) atoms. The summed E-state index contributed by atoms with van der Waals surface area (Å²) in [6.45, 7) is 7.82. The van der Waals surface area contributed by atoms with E-state index in [0.29, 0.717) is 19.4 Å². The molecule has 3 amide bonds. The molecule has 10 heteroatoms. The minimum Gasteiger partial charge on any atom is -0.462 e. The largest absolute Gasteiger partial charge is 0.462 e. The number of carbonyl (C=O) groups excluding carboxylic acids is 4. The molecule has 3 atom stereocenters. The van der Waals surface area contributed by atoms with Gasteiger partial charge in [-0.2, -0.15) is 0 Å². The van der Waals surface area contributed by atoms with E-state index in [2.05, 4.69) is 23.8 Å². The number of hydrogen-bond acceptors (Lipinski definition) is 7. The number of carbonyl (C=O) groups is 4. The van der Waals surface area contributed by atoms with E-state index in [0.717, 1.165) is 37.7 Å². The van der Waals surface area contributed by atoms with Crippen LogP contribution in [0.3, 0.4) is 0 Å². The maximum absolute atomic E-state index is 13.5. The average Bonchev–Trinajstić information content (AvgIpc) is 3.64. The molecule has 3 rings (SSSR count). The second-order valence-electron chi connectivity index (χ2n) is 10.9. The van der Waals surface area contributed by atoms with Crippen LogP contribution in [-0.4, -0.2) is 71.3 Å². The molecule has 2 aliphatic rings. The molecule has 0 spiro atoms. The number of likely N-dealkylation sites (tertiary alicyclic amines) is 1. The summed E-state index contributed by atoms with van der Waals surface area (Å²) < 4.78 is 10.8. The van der Waals surface area contributed by atoms with E-state index in [1.807, 2.05) is 30.3 Å². The SMILES string of the molecule is C=CCC(CC(=O)NC1(CO)CCCC1)C(=O)N1CCCC1COC(=O)C(CC=C)NC(=O)OCc1ccccc1. The summed E-state index contributed by atoms with van der Waals surface area (Å²) >= 11 is 0. The molecular formula is C31H43N3O7. The van der Waals surface area contributed by atoms with Crippen LogP contribution in [0.2, 0.25) is 0 Å². The van der Waals surface area contributed by atoms with Crippen molar-refractivity contribution in [3.8, 4) is 0 Å². The van der Waals surface area contributed by atoms with Gasteiger partial charge in [0, 0.05) is 13.0 Å². The number of allylic oxidation sites excluding steroid dienone is 1. The lowest BCUT2D eigenvalue weighted by atomic mass is 9.95. The number of hydrogen-bond donors (Lipinski definition) is 3. The van der Waals surface area contributed by atoms with E-state index < -0.39 is 29.6 Å². The zero-order valence-corrected chi connectivity index (χ0v) is 23.7. The molecule has 1 saturated carbocycles. The third-order valence-electron chi connectivity index (χ3n) is 7.77. The van der Waals surface area contributed by atoms with Crippen molar-refractivity contribution in [1.29, 1.82) is 0 Å². The molecule has 1 heterocycles. The predicted molar refractivity (Wildman–Crippen MR) is 153 cm³/mol. The Morgan fingerprint density at radius 2 is 1.76 bits per heavy atom. The molecule has 1 aliphatic heterocycles. The van der Waals surface area contributed by atoms with Crippen molar-refractivity contribution in [2.75, 3.05) is 19.8 Å². The average molecular weight is 570 g/mol. The molecule has 1 aliphatic carbocycles. The van der Waals surface area contributed by atoms with Gasteiger partial charge >= 0.3 is 12.1 Å². The summed E-state index contributed by atoms with van der Waals surface area (Å²) in [5, 5.41) is 15.3. The Kier molecular flexibility index (Phi) is 12.4. The van der Waals surface area contributed by atoms with Crippen molar-refractivity contribution in [2.24, 2.45) is 5.92 Å². The molecule has 3 N–H and O–H groups in total. The first-order chi connectivity index (χ1) is 19.8. The van der Waals surface area contributed by atoms with E-state index in [-0.39, 0.29) is 50.5 Å². The molecule has 0 bridgehead atoms. The number of nitrogens with zero attached hydrogens (tertiary/aromatic N) is 1. The summed E-state index contributed by atoms with van der Waals surface area (Å²) in [6.07, 6.45) is 7.59. The Morgan fingerprint density at radius 3 is 2.41 bits per heavy atom. The molecule has 0 radical (unpaired) electrons. The fourth-order valence-corrected chi connectivity index (χ4v) is 5.52. The van der Waals surface area contributed by atoms with E-state index in [1.54, 1.807) is 11.0 Å². The quantitative estimate of drug-likeness (QED) is 0.218. The number of ether oxygens (including phenoxy) is 2.